The van der Waals surface area contributed by atoms with E-state index >= 15 is 0 Å². The molecular formula is C15H12BrClO3. The molecule has 0 aliphatic rings. The van der Waals surface area contributed by atoms with Gasteiger partial charge in [0, 0.05) is 15.1 Å². The summed E-state index contributed by atoms with van der Waals surface area (Å²) in [5, 5.41) is 9.39. The minimum atomic E-state index is -0.863. The van der Waals surface area contributed by atoms with Gasteiger partial charge >= 0.3 is 5.97 Å². The Hall–Kier alpha value is -1.52. The molecule has 2 rings (SSSR count). The van der Waals surface area contributed by atoms with E-state index in [1.807, 2.05) is 12.1 Å². The average molecular weight is 356 g/mol. The quantitative estimate of drug-likeness (QED) is 0.869. The first kappa shape index (κ1) is 14.9. The van der Waals surface area contributed by atoms with Crippen LogP contribution in [0, 0.1) is 0 Å². The molecule has 1 N–H and O–H groups in total. The molecule has 104 valence electrons. The molecule has 0 saturated carbocycles. The third kappa shape index (κ3) is 4.25. The lowest BCUT2D eigenvalue weighted by Gasteiger charge is -2.09. The molecule has 0 radical (unpaired) electrons. The molecule has 20 heavy (non-hydrogen) atoms. The number of halogens is 2. The van der Waals surface area contributed by atoms with Crippen molar-refractivity contribution in [3.05, 3.63) is 63.1 Å². The highest BCUT2D eigenvalue weighted by Crippen LogP contribution is 2.23. The average Bonchev–Trinajstić information content (AvgIpc) is 2.37. The van der Waals surface area contributed by atoms with Gasteiger partial charge < -0.3 is 9.84 Å². The number of carboxylic acid groups (broad SMARTS) is 1. The zero-order valence-electron chi connectivity index (χ0n) is 10.5. The number of ether oxygens (including phenoxy) is 1. The Labute approximate surface area is 130 Å². The maximum absolute atomic E-state index is 10.7. The predicted molar refractivity (Wildman–Crippen MR) is 81.3 cm³/mol. The van der Waals surface area contributed by atoms with Gasteiger partial charge in [0.25, 0.3) is 0 Å². The van der Waals surface area contributed by atoms with Crippen LogP contribution in [0.1, 0.15) is 11.1 Å². The van der Waals surface area contributed by atoms with Gasteiger partial charge in [-0.05, 0) is 29.8 Å². The topological polar surface area (TPSA) is 46.5 Å². The molecule has 0 fully saturated rings. The molecule has 5 heteroatoms. The highest BCUT2D eigenvalue weighted by molar-refractivity contribution is 9.10. The number of benzene rings is 2. The Morgan fingerprint density at radius 2 is 2.05 bits per heavy atom. The van der Waals surface area contributed by atoms with Crippen molar-refractivity contribution < 1.29 is 14.6 Å². The molecule has 0 atom stereocenters. The van der Waals surface area contributed by atoms with E-state index in [0.717, 1.165) is 10.0 Å². The van der Waals surface area contributed by atoms with Gasteiger partial charge in [0.1, 0.15) is 12.4 Å². The van der Waals surface area contributed by atoms with Gasteiger partial charge in [0.05, 0.1) is 6.42 Å². The fourth-order valence-electron chi connectivity index (χ4n) is 1.72. The largest absolute Gasteiger partial charge is 0.489 e. The second kappa shape index (κ2) is 6.77. The first-order valence-corrected chi connectivity index (χ1v) is 7.09. The van der Waals surface area contributed by atoms with Crippen LogP contribution in [0.3, 0.4) is 0 Å². The molecule has 0 aliphatic carbocycles. The SMILES string of the molecule is O=C(O)Cc1cccc(OCc2ccc(Br)cc2Cl)c1. The molecular weight excluding hydrogens is 344 g/mol. The lowest BCUT2D eigenvalue weighted by atomic mass is 10.1. The third-order valence-corrected chi connectivity index (χ3v) is 3.51. The van der Waals surface area contributed by atoms with Gasteiger partial charge in [-0.15, -0.1) is 0 Å². The first-order valence-electron chi connectivity index (χ1n) is 5.92. The number of hydrogen-bond acceptors (Lipinski definition) is 2. The molecule has 0 aliphatic heterocycles. The van der Waals surface area contributed by atoms with Crippen molar-refractivity contribution in [3.63, 3.8) is 0 Å². The van der Waals surface area contributed by atoms with Gasteiger partial charge in [-0.2, -0.15) is 0 Å². The van der Waals surface area contributed by atoms with Crippen LogP contribution in [0.25, 0.3) is 0 Å². The zero-order chi connectivity index (χ0) is 14.5. The van der Waals surface area contributed by atoms with Gasteiger partial charge in [0.15, 0.2) is 0 Å². The van der Waals surface area contributed by atoms with E-state index in [2.05, 4.69) is 15.9 Å². The summed E-state index contributed by atoms with van der Waals surface area (Å²) in [7, 11) is 0. The van der Waals surface area contributed by atoms with Crippen LogP contribution in [0.4, 0.5) is 0 Å². The fraction of sp³-hybridized carbons (Fsp3) is 0.133. The van der Waals surface area contributed by atoms with Crippen molar-refractivity contribution >= 4 is 33.5 Å². The van der Waals surface area contributed by atoms with Gasteiger partial charge in [-0.25, -0.2) is 0 Å². The number of aliphatic carboxylic acids is 1. The number of carbonyl (C=O) groups is 1. The van der Waals surface area contributed by atoms with Crippen molar-refractivity contribution in [2.45, 2.75) is 13.0 Å². The number of carboxylic acids is 1. The monoisotopic (exact) mass is 354 g/mol. The number of rotatable bonds is 5. The standard InChI is InChI=1S/C15H12BrClO3/c16-12-5-4-11(14(17)8-12)9-20-13-3-1-2-10(6-13)7-15(18)19/h1-6,8H,7,9H2,(H,18,19). The van der Waals surface area contributed by atoms with E-state index in [1.54, 1.807) is 30.3 Å². The fourth-order valence-corrected chi connectivity index (χ4v) is 2.45. The van der Waals surface area contributed by atoms with Crippen LogP contribution in [0.2, 0.25) is 5.02 Å². The van der Waals surface area contributed by atoms with Crippen molar-refractivity contribution in [2.75, 3.05) is 0 Å². The maximum Gasteiger partial charge on any atom is 0.307 e. The van der Waals surface area contributed by atoms with E-state index in [-0.39, 0.29) is 6.42 Å². The molecule has 2 aromatic rings. The molecule has 0 amide bonds. The third-order valence-electron chi connectivity index (χ3n) is 2.66. The van der Waals surface area contributed by atoms with Gasteiger partial charge in [0.2, 0.25) is 0 Å². The molecule has 2 aromatic carbocycles. The van der Waals surface area contributed by atoms with Gasteiger partial charge in [-0.1, -0.05) is 45.7 Å². The molecule has 0 saturated heterocycles. The summed E-state index contributed by atoms with van der Waals surface area (Å²) < 4.78 is 6.55. The summed E-state index contributed by atoms with van der Waals surface area (Å²) in [5.41, 5.74) is 1.58. The van der Waals surface area contributed by atoms with Gasteiger partial charge in [-0.3, -0.25) is 4.79 Å². The molecule has 0 heterocycles. The normalized spacial score (nSPS) is 10.3. The minimum Gasteiger partial charge on any atom is -0.489 e. The minimum absolute atomic E-state index is 0.0176. The lowest BCUT2D eigenvalue weighted by Crippen LogP contribution is -2.01. The van der Waals surface area contributed by atoms with Crippen LogP contribution >= 0.6 is 27.5 Å². The lowest BCUT2D eigenvalue weighted by molar-refractivity contribution is -0.136. The van der Waals surface area contributed by atoms with E-state index in [4.69, 9.17) is 21.4 Å². The van der Waals surface area contributed by atoms with Crippen LogP contribution in [-0.4, -0.2) is 11.1 Å². The Morgan fingerprint density at radius 3 is 2.75 bits per heavy atom. The zero-order valence-corrected chi connectivity index (χ0v) is 12.8. The van der Waals surface area contributed by atoms with E-state index in [1.165, 1.54) is 0 Å². The Morgan fingerprint density at radius 1 is 1.25 bits per heavy atom. The van der Waals surface area contributed by atoms with E-state index < -0.39 is 5.97 Å². The van der Waals surface area contributed by atoms with Crippen molar-refractivity contribution in [3.8, 4) is 5.75 Å². The predicted octanol–water partition coefficient (Wildman–Crippen LogP) is 4.31. The summed E-state index contributed by atoms with van der Waals surface area (Å²) >= 11 is 9.45. The van der Waals surface area contributed by atoms with Crippen molar-refractivity contribution in [2.24, 2.45) is 0 Å². The maximum atomic E-state index is 10.7. The Kier molecular flexibility index (Phi) is 5.04. The van der Waals surface area contributed by atoms with Crippen molar-refractivity contribution in [1.29, 1.82) is 0 Å². The summed E-state index contributed by atoms with van der Waals surface area (Å²) in [4.78, 5) is 10.7. The summed E-state index contributed by atoms with van der Waals surface area (Å²) in [6.45, 7) is 0.336. The van der Waals surface area contributed by atoms with E-state index in [0.29, 0.717) is 22.9 Å². The molecule has 0 aromatic heterocycles. The van der Waals surface area contributed by atoms with E-state index in [9.17, 15) is 4.79 Å². The summed E-state index contributed by atoms with van der Waals surface area (Å²) in [6.07, 6.45) is -0.0176. The van der Waals surface area contributed by atoms with Crippen LogP contribution in [-0.2, 0) is 17.8 Å². The molecule has 0 bridgehead atoms. The highest BCUT2D eigenvalue weighted by atomic mass is 79.9. The first-order chi connectivity index (χ1) is 9.54. The smallest absolute Gasteiger partial charge is 0.307 e. The second-order valence-corrected chi connectivity index (χ2v) is 5.57. The van der Waals surface area contributed by atoms with Crippen molar-refractivity contribution in [1.82, 2.24) is 0 Å². The van der Waals surface area contributed by atoms with Crippen LogP contribution < -0.4 is 4.74 Å². The Balaban J connectivity index is 2.05. The molecule has 0 unspecified atom stereocenters. The highest BCUT2D eigenvalue weighted by Gasteiger charge is 2.04. The summed E-state index contributed by atoms with van der Waals surface area (Å²) in [6, 6.07) is 12.6. The Bertz CT molecular complexity index is 628. The molecule has 0 spiro atoms. The van der Waals surface area contributed by atoms with Crippen LogP contribution in [0.15, 0.2) is 46.9 Å². The van der Waals surface area contributed by atoms with Crippen LogP contribution in [0.5, 0.6) is 5.75 Å². The number of hydrogen-bond donors (Lipinski definition) is 1. The second-order valence-electron chi connectivity index (χ2n) is 4.24. The summed E-state index contributed by atoms with van der Waals surface area (Å²) in [5.74, 6) is -0.235. The molecule has 3 nitrogen and oxygen atoms in total.